The Morgan fingerprint density at radius 1 is 1.19 bits per heavy atom. The van der Waals surface area contributed by atoms with Crippen molar-refractivity contribution in [3.63, 3.8) is 0 Å². The maximum atomic E-state index is 12.5. The number of hydrogen-bond acceptors (Lipinski definition) is 4. The van der Waals surface area contributed by atoms with E-state index in [1.54, 1.807) is 0 Å². The van der Waals surface area contributed by atoms with Crippen molar-refractivity contribution in [3.8, 4) is 0 Å². The van der Waals surface area contributed by atoms with Gasteiger partial charge in [0, 0.05) is 36.5 Å². The van der Waals surface area contributed by atoms with Crippen LogP contribution < -0.4 is 10.2 Å². The Bertz CT molecular complexity index is 539. The van der Waals surface area contributed by atoms with E-state index in [4.69, 9.17) is 0 Å². The van der Waals surface area contributed by atoms with Crippen molar-refractivity contribution >= 4 is 17.3 Å². The Labute approximate surface area is 158 Å². The fraction of sp³-hybridized carbons (Fsp3) is 0.667. The van der Waals surface area contributed by atoms with Gasteiger partial charge in [-0.05, 0) is 57.9 Å². The molecule has 1 aliphatic carbocycles. The van der Waals surface area contributed by atoms with Crippen LogP contribution in [0, 0.1) is 0 Å². The smallest absolute Gasteiger partial charge is 0.238 e. The van der Waals surface area contributed by atoms with Gasteiger partial charge in [0.15, 0.2) is 0 Å². The van der Waals surface area contributed by atoms with Crippen LogP contribution in [0.5, 0.6) is 0 Å². The predicted octanol–water partition coefficient (Wildman–Crippen LogP) is 3.49. The Morgan fingerprint density at radius 3 is 2.38 bits per heavy atom. The van der Waals surface area contributed by atoms with E-state index in [0.29, 0.717) is 25.2 Å². The molecule has 0 heterocycles. The molecule has 0 aromatic heterocycles. The summed E-state index contributed by atoms with van der Waals surface area (Å²) in [5.41, 5.74) is 2.00. The number of carbonyl (C=O) groups excluding carboxylic acids is 1. The molecule has 0 radical (unpaired) electrons. The first-order chi connectivity index (χ1) is 12.5. The van der Waals surface area contributed by atoms with Crippen LogP contribution in [0.2, 0.25) is 0 Å². The third-order valence-corrected chi connectivity index (χ3v) is 5.27. The van der Waals surface area contributed by atoms with Crippen molar-refractivity contribution in [2.24, 2.45) is 0 Å². The fourth-order valence-corrected chi connectivity index (χ4v) is 3.93. The second-order valence-electron chi connectivity index (χ2n) is 7.46. The van der Waals surface area contributed by atoms with Gasteiger partial charge in [-0.3, -0.25) is 9.69 Å². The maximum Gasteiger partial charge on any atom is 0.238 e. The number of aliphatic hydroxyl groups is 1. The standard InChI is InChI=1S/C21H35N3O2/c1-4-24(17(2)3)20-12-10-18(11-13-20)22-21(26)16-23(14-15-25)19-8-6-5-7-9-19/h10-13,17,19,25H,4-9,14-16H2,1-3H3,(H,22,26). The Kier molecular flexibility index (Phi) is 8.39. The van der Waals surface area contributed by atoms with Crippen molar-refractivity contribution in [1.29, 1.82) is 0 Å². The third-order valence-electron chi connectivity index (χ3n) is 5.27. The molecule has 0 aliphatic heterocycles. The van der Waals surface area contributed by atoms with Gasteiger partial charge in [0.25, 0.3) is 0 Å². The summed E-state index contributed by atoms with van der Waals surface area (Å²) in [4.78, 5) is 16.9. The number of hydrogen-bond donors (Lipinski definition) is 2. The van der Waals surface area contributed by atoms with Gasteiger partial charge in [0.1, 0.15) is 0 Å². The van der Waals surface area contributed by atoms with Gasteiger partial charge < -0.3 is 15.3 Å². The molecule has 0 bridgehead atoms. The van der Waals surface area contributed by atoms with Gasteiger partial charge in [-0.1, -0.05) is 19.3 Å². The first-order valence-electron chi connectivity index (χ1n) is 10.1. The summed E-state index contributed by atoms with van der Waals surface area (Å²) in [7, 11) is 0. The first kappa shape index (κ1) is 20.7. The fourth-order valence-electron chi connectivity index (χ4n) is 3.93. The van der Waals surface area contributed by atoms with E-state index in [1.807, 2.05) is 12.1 Å². The minimum Gasteiger partial charge on any atom is -0.395 e. The predicted molar refractivity (Wildman–Crippen MR) is 109 cm³/mol. The molecule has 0 saturated heterocycles. The summed E-state index contributed by atoms with van der Waals surface area (Å²) in [6.45, 7) is 8.48. The van der Waals surface area contributed by atoms with E-state index >= 15 is 0 Å². The summed E-state index contributed by atoms with van der Waals surface area (Å²) in [6.07, 6.45) is 5.99. The zero-order chi connectivity index (χ0) is 18.9. The highest BCUT2D eigenvalue weighted by molar-refractivity contribution is 5.92. The lowest BCUT2D eigenvalue weighted by Crippen LogP contribution is -2.43. The maximum absolute atomic E-state index is 12.5. The quantitative estimate of drug-likeness (QED) is 0.707. The lowest BCUT2D eigenvalue weighted by atomic mass is 9.94. The highest BCUT2D eigenvalue weighted by atomic mass is 16.3. The van der Waals surface area contributed by atoms with Gasteiger partial charge >= 0.3 is 0 Å². The third kappa shape index (κ3) is 5.99. The van der Waals surface area contributed by atoms with E-state index in [-0.39, 0.29) is 12.5 Å². The molecule has 0 unspecified atom stereocenters. The summed E-state index contributed by atoms with van der Waals surface area (Å²) in [5, 5.41) is 12.3. The summed E-state index contributed by atoms with van der Waals surface area (Å²) in [5.74, 6) is -0.00650. The van der Waals surface area contributed by atoms with Crippen LogP contribution in [0.25, 0.3) is 0 Å². The van der Waals surface area contributed by atoms with E-state index in [2.05, 4.69) is 48.0 Å². The molecule has 5 heteroatoms. The molecule has 1 aliphatic rings. The second kappa shape index (κ2) is 10.5. The summed E-state index contributed by atoms with van der Waals surface area (Å²) < 4.78 is 0. The SMILES string of the molecule is CCN(c1ccc(NC(=O)CN(CCO)C2CCCCC2)cc1)C(C)C. The molecule has 2 N–H and O–H groups in total. The molecular weight excluding hydrogens is 326 g/mol. The van der Waals surface area contributed by atoms with Crippen molar-refractivity contribution in [2.75, 3.05) is 36.5 Å². The van der Waals surface area contributed by atoms with Crippen LogP contribution in [0.3, 0.4) is 0 Å². The molecule has 0 atom stereocenters. The number of benzene rings is 1. The monoisotopic (exact) mass is 361 g/mol. The number of rotatable bonds is 9. The molecule has 146 valence electrons. The van der Waals surface area contributed by atoms with Gasteiger partial charge in [-0.25, -0.2) is 0 Å². The van der Waals surface area contributed by atoms with Gasteiger partial charge in [-0.15, -0.1) is 0 Å². The van der Waals surface area contributed by atoms with Crippen LogP contribution in [-0.2, 0) is 4.79 Å². The molecule has 26 heavy (non-hydrogen) atoms. The van der Waals surface area contributed by atoms with Crippen LogP contribution in [0.1, 0.15) is 52.9 Å². The van der Waals surface area contributed by atoms with Gasteiger partial charge in [-0.2, -0.15) is 0 Å². The number of anilines is 2. The van der Waals surface area contributed by atoms with Crippen molar-refractivity contribution in [1.82, 2.24) is 4.90 Å². The highest BCUT2D eigenvalue weighted by Gasteiger charge is 2.22. The molecule has 5 nitrogen and oxygen atoms in total. The van der Waals surface area contributed by atoms with Crippen LogP contribution >= 0.6 is 0 Å². The lowest BCUT2D eigenvalue weighted by molar-refractivity contribution is -0.118. The number of nitrogens with one attached hydrogen (secondary N) is 1. The Hall–Kier alpha value is -1.59. The number of amides is 1. The van der Waals surface area contributed by atoms with Gasteiger partial charge in [0.05, 0.1) is 13.2 Å². The normalized spacial score (nSPS) is 15.5. The average molecular weight is 362 g/mol. The lowest BCUT2D eigenvalue weighted by Gasteiger charge is -2.33. The summed E-state index contributed by atoms with van der Waals surface area (Å²) in [6, 6.07) is 8.93. The molecule has 1 aromatic carbocycles. The molecule has 1 amide bonds. The zero-order valence-electron chi connectivity index (χ0n) is 16.6. The Morgan fingerprint density at radius 2 is 1.85 bits per heavy atom. The summed E-state index contributed by atoms with van der Waals surface area (Å²) >= 11 is 0. The molecule has 1 fully saturated rings. The largest absolute Gasteiger partial charge is 0.395 e. The molecule has 2 rings (SSSR count). The minimum atomic E-state index is -0.00650. The van der Waals surface area contributed by atoms with E-state index in [9.17, 15) is 9.90 Å². The van der Waals surface area contributed by atoms with E-state index in [0.717, 1.165) is 25.1 Å². The highest BCUT2D eigenvalue weighted by Crippen LogP contribution is 2.23. The van der Waals surface area contributed by atoms with E-state index < -0.39 is 0 Å². The molecule has 1 aromatic rings. The number of nitrogens with zero attached hydrogens (tertiary/aromatic N) is 2. The van der Waals surface area contributed by atoms with Crippen molar-refractivity contribution in [2.45, 2.75) is 65.0 Å². The van der Waals surface area contributed by atoms with Crippen LogP contribution in [-0.4, -0.2) is 54.2 Å². The molecular formula is C21H35N3O2. The number of carbonyl (C=O) groups is 1. The average Bonchev–Trinajstić information content (AvgIpc) is 2.64. The molecule has 0 spiro atoms. The zero-order valence-corrected chi connectivity index (χ0v) is 16.6. The van der Waals surface area contributed by atoms with Crippen molar-refractivity contribution in [3.05, 3.63) is 24.3 Å². The van der Waals surface area contributed by atoms with Crippen LogP contribution in [0.4, 0.5) is 11.4 Å². The van der Waals surface area contributed by atoms with E-state index in [1.165, 1.54) is 24.9 Å². The minimum absolute atomic E-state index is 0.00650. The first-order valence-corrected chi connectivity index (χ1v) is 10.1. The second-order valence-corrected chi connectivity index (χ2v) is 7.46. The van der Waals surface area contributed by atoms with Crippen LogP contribution in [0.15, 0.2) is 24.3 Å². The van der Waals surface area contributed by atoms with Crippen molar-refractivity contribution < 1.29 is 9.90 Å². The Balaban J connectivity index is 1.93. The van der Waals surface area contributed by atoms with Gasteiger partial charge in [0.2, 0.25) is 5.91 Å². The number of aliphatic hydroxyl groups excluding tert-OH is 1. The topological polar surface area (TPSA) is 55.8 Å². The molecule has 1 saturated carbocycles.